The molecule has 0 unspecified atom stereocenters. The molecule has 0 aromatic rings. The summed E-state index contributed by atoms with van der Waals surface area (Å²) in [4.78, 5) is 0. The highest BCUT2D eigenvalue weighted by Crippen LogP contribution is 2.07. The third-order valence-corrected chi connectivity index (χ3v) is 1.16. The maximum Gasteiger partial charge on any atom is -0.00297 e. The highest BCUT2D eigenvalue weighted by molar-refractivity contribution is 4.85. The molecular formula is C13H26. The number of rotatable bonds is 0. The maximum absolute atomic E-state index is 4.60. The first-order valence-corrected chi connectivity index (χ1v) is 5.44. The van der Waals surface area contributed by atoms with Crippen LogP contribution in [0.3, 0.4) is 0 Å². The van der Waals surface area contributed by atoms with Gasteiger partial charge in [-0.1, -0.05) is 39.8 Å². The Bertz CT molecular complexity index is 95.7. The van der Waals surface area contributed by atoms with Crippen molar-refractivity contribution in [1.29, 1.82) is 0 Å². The molecule has 0 saturated heterocycles. The fourth-order valence-corrected chi connectivity index (χ4v) is 0.760. The Morgan fingerprint density at radius 2 is 1.15 bits per heavy atom. The van der Waals surface area contributed by atoms with Crippen LogP contribution in [0.1, 0.15) is 60.3 Å². The minimum absolute atomic E-state index is 1.32. The van der Waals surface area contributed by atoms with Crippen molar-refractivity contribution < 1.29 is 0 Å². The summed E-state index contributed by atoms with van der Waals surface area (Å²) in [5, 5.41) is 0. The Morgan fingerprint density at radius 1 is 0.923 bits per heavy atom. The van der Waals surface area contributed by atoms with Gasteiger partial charge >= 0.3 is 0 Å². The summed E-state index contributed by atoms with van der Waals surface area (Å²) < 4.78 is 0. The van der Waals surface area contributed by atoms with E-state index in [2.05, 4.69) is 24.5 Å². The van der Waals surface area contributed by atoms with Gasteiger partial charge in [-0.25, -0.2) is 0 Å². The van der Waals surface area contributed by atoms with Crippen molar-refractivity contribution >= 4 is 0 Å². The van der Waals surface area contributed by atoms with Crippen LogP contribution in [-0.2, 0) is 0 Å². The lowest BCUT2D eigenvalue weighted by molar-refractivity contribution is 0.730. The van der Waals surface area contributed by atoms with E-state index in [0.29, 0.717) is 0 Å². The van der Waals surface area contributed by atoms with E-state index in [0.717, 1.165) is 0 Å². The van der Waals surface area contributed by atoms with Crippen LogP contribution in [0.5, 0.6) is 0 Å². The first-order valence-electron chi connectivity index (χ1n) is 5.44. The highest BCUT2D eigenvalue weighted by atomic mass is 13.9. The van der Waals surface area contributed by atoms with E-state index in [1.807, 2.05) is 27.7 Å². The molecule has 0 fully saturated rings. The predicted octanol–water partition coefficient (Wildman–Crippen LogP) is 4.81. The second kappa shape index (κ2) is 30.2. The standard InChI is InChI=1S/C6H10.C3H4.2C2H6/c1-2-4-6-5-3-1;1-3-2;2*1-2/h1-2H,3-6H2;1H,2H3;2*1-2H3. The van der Waals surface area contributed by atoms with Crippen molar-refractivity contribution in [3.63, 3.8) is 0 Å². The van der Waals surface area contributed by atoms with Gasteiger partial charge in [0.25, 0.3) is 0 Å². The van der Waals surface area contributed by atoms with Gasteiger partial charge in [0.05, 0.1) is 0 Å². The first kappa shape index (κ1) is 18.2. The lowest BCUT2D eigenvalue weighted by Gasteiger charge is -1.97. The molecule has 0 saturated carbocycles. The van der Waals surface area contributed by atoms with E-state index in [4.69, 9.17) is 0 Å². The quantitative estimate of drug-likeness (QED) is 0.372. The van der Waals surface area contributed by atoms with Crippen molar-refractivity contribution in [2.75, 3.05) is 0 Å². The van der Waals surface area contributed by atoms with Crippen LogP contribution in [0.4, 0.5) is 0 Å². The van der Waals surface area contributed by atoms with Crippen LogP contribution in [0.25, 0.3) is 0 Å². The molecule has 0 aromatic heterocycles. The van der Waals surface area contributed by atoms with Gasteiger partial charge in [-0.05, 0) is 32.6 Å². The molecule has 0 aromatic carbocycles. The molecule has 0 amide bonds. The van der Waals surface area contributed by atoms with Crippen LogP contribution in [0.15, 0.2) is 12.2 Å². The molecule has 1 aliphatic carbocycles. The lowest BCUT2D eigenvalue weighted by atomic mass is 10.1. The molecule has 0 atom stereocenters. The topological polar surface area (TPSA) is 0 Å². The number of hydrogen-bond acceptors (Lipinski definition) is 0. The van der Waals surface area contributed by atoms with E-state index in [9.17, 15) is 0 Å². The summed E-state index contributed by atoms with van der Waals surface area (Å²) in [6.07, 6.45) is 14.6. The van der Waals surface area contributed by atoms with Crippen molar-refractivity contribution in [2.45, 2.75) is 60.3 Å². The Hall–Kier alpha value is -0.700. The van der Waals surface area contributed by atoms with Crippen molar-refractivity contribution in [3.05, 3.63) is 12.2 Å². The Morgan fingerprint density at radius 3 is 1.23 bits per heavy atom. The van der Waals surface area contributed by atoms with Gasteiger partial charge in [-0.15, -0.1) is 12.3 Å². The molecule has 0 radical (unpaired) electrons. The van der Waals surface area contributed by atoms with E-state index in [1.54, 1.807) is 6.92 Å². The van der Waals surface area contributed by atoms with E-state index in [1.165, 1.54) is 25.7 Å². The second-order valence-corrected chi connectivity index (χ2v) is 2.04. The maximum atomic E-state index is 4.60. The van der Waals surface area contributed by atoms with Gasteiger partial charge in [-0.2, -0.15) is 0 Å². The largest absolute Gasteiger partial charge is 0.120 e. The summed E-state index contributed by atoms with van der Waals surface area (Å²) in [7, 11) is 0. The SMILES string of the molecule is C#CC.C1=CCCCC1.CC.CC. The van der Waals surface area contributed by atoms with Crippen molar-refractivity contribution in [2.24, 2.45) is 0 Å². The van der Waals surface area contributed by atoms with Crippen molar-refractivity contribution in [3.8, 4) is 12.3 Å². The number of hydrogen-bond donors (Lipinski definition) is 0. The molecule has 0 N–H and O–H groups in total. The average molecular weight is 182 g/mol. The van der Waals surface area contributed by atoms with E-state index < -0.39 is 0 Å². The predicted molar refractivity (Wildman–Crippen MR) is 64.8 cm³/mol. The van der Waals surface area contributed by atoms with Crippen LogP contribution >= 0.6 is 0 Å². The van der Waals surface area contributed by atoms with Gasteiger partial charge < -0.3 is 0 Å². The smallest absolute Gasteiger partial charge is 0.00297 e. The summed E-state index contributed by atoms with van der Waals surface area (Å²) in [5.41, 5.74) is 0. The molecule has 0 aliphatic heterocycles. The van der Waals surface area contributed by atoms with Crippen LogP contribution in [0, 0.1) is 12.3 Å². The Labute approximate surface area is 85.4 Å². The zero-order valence-corrected chi connectivity index (χ0v) is 10.1. The molecule has 1 aliphatic rings. The molecule has 0 nitrogen and oxygen atoms in total. The number of terminal acetylenes is 1. The summed E-state index contributed by atoms with van der Waals surface area (Å²) in [5.74, 6) is 2.25. The van der Waals surface area contributed by atoms with Crippen LogP contribution < -0.4 is 0 Å². The minimum atomic E-state index is 1.32. The second-order valence-electron chi connectivity index (χ2n) is 2.04. The Balaban J connectivity index is -0.000000124. The van der Waals surface area contributed by atoms with Gasteiger partial charge in [-0.3, -0.25) is 0 Å². The fourth-order valence-electron chi connectivity index (χ4n) is 0.760. The highest BCUT2D eigenvalue weighted by Gasteiger charge is 1.87. The van der Waals surface area contributed by atoms with Crippen LogP contribution in [-0.4, -0.2) is 0 Å². The monoisotopic (exact) mass is 182 g/mol. The average Bonchev–Trinajstić information content (AvgIpc) is 2.27. The third-order valence-electron chi connectivity index (χ3n) is 1.16. The molecule has 1 rings (SSSR count). The molecule has 78 valence electrons. The molecule has 13 heavy (non-hydrogen) atoms. The molecular weight excluding hydrogens is 156 g/mol. The third kappa shape index (κ3) is 34.8. The fraction of sp³-hybridized carbons (Fsp3) is 0.692. The minimum Gasteiger partial charge on any atom is -0.120 e. The van der Waals surface area contributed by atoms with Gasteiger partial charge in [0.2, 0.25) is 0 Å². The summed E-state index contributed by atoms with van der Waals surface area (Å²) >= 11 is 0. The van der Waals surface area contributed by atoms with Gasteiger partial charge in [0.15, 0.2) is 0 Å². The summed E-state index contributed by atoms with van der Waals surface area (Å²) in [6, 6.07) is 0. The van der Waals surface area contributed by atoms with E-state index in [-0.39, 0.29) is 0 Å². The normalized spacial score (nSPS) is 11.4. The molecule has 0 heterocycles. The molecule has 0 spiro atoms. The molecule has 0 heteroatoms. The zero-order chi connectivity index (χ0) is 10.9. The van der Waals surface area contributed by atoms with Gasteiger partial charge in [0.1, 0.15) is 0 Å². The zero-order valence-electron chi connectivity index (χ0n) is 10.1. The number of allylic oxidation sites excluding steroid dienone is 2. The van der Waals surface area contributed by atoms with Gasteiger partial charge in [0, 0.05) is 0 Å². The van der Waals surface area contributed by atoms with Crippen LogP contribution in [0.2, 0.25) is 0 Å². The lowest BCUT2D eigenvalue weighted by Crippen LogP contribution is -1.77. The Kier molecular flexibility index (Phi) is 42.2. The molecule has 0 bridgehead atoms. The first-order chi connectivity index (χ1) is 6.41. The van der Waals surface area contributed by atoms with Crippen molar-refractivity contribution in [1.82, 2.24) is 0 Å². The summed E-state index contributed by atoms with van der Waals surface area (Å²) in [6.45, 7) is 9.65. The van der Waals surface area contributed by atoms with E-state index >= 15 is 0 Å².